The van der Waals surface area contributed by atoms with Crippen molar-refractivity contribution in [1.82, 2.24) is 39.0 Å². The first-order valence-corrected chi connectivity index (χ1v) is 17.1. The van der Waals surface area contributed by atoms with E-state index in [1.165, 1.54) is 39.9 Å². The molecule has 1 saturated heterocycles. The molecule has 1 aliphatic carbocycles. The Bertz CT molecular complexity index is 1820. The molecule has 10 unspecified atom stereocenters. The number of rotatable bonds is 11. The maximum Gasteiger partial charge on any atom is 0.695 e. The van der Waals surface area contributed by atoms with Gasteiger partial charge in [0.2, 0.25) is 0 Å². The second kappa shape index (κ2) is 12.8. The van der Waals surface area contributed by atoms with Crippen LogP contribution in [0.25, 0.3) is 22.3 Å². The molecule has 45 heavy (non-hydrogen) atoms. The van der Waals surface area contributed by atoms with E-state index in [0.29, 0.717) is 10.5 Å². The van der Waals surface area contributed by atoms with E-state index in [1.54, 1.807) is 6.26 Å². The minimum atomic E-state index is -5.05. The lowest BCUT2D eigenvalue weighted by Crippen LogP contribution is -2.35. The molecule has 2 fully saturated rings. The Morgan fingerprint density at radius 3 is 2.58 bits per heavy atom. The molecule has 6 N–H and O–H groups in total. The van der Waals surface area contributed by atoms with Gasteiger partial charge in [-0.05, 0) is 12.7 Å². The molecule has 0 aromatic carbocycles. The molecule has 4 aromatic rings. The Labute approximate surface area is 257 Å². The zero-order valence-corrected chi connectivity index (χ0v) is 25.7. The standard InChI is InChI=1S/C22H26N8O12P2S/c1-45-21-13-19(24-6-26-21)30(8-28-13)22-15(33)17(41-43(35)36)11(40-22)4-39-44(37,38)42-16-10(2-9(3-31)14(16)32)29-7-27-12-18(29)23-5-25-20(12)34/h5-11,14-17,22,31-33H,2-4H2,1H3,(H2-,23,25,34,35,36,37,38)/p+1. The SMILES string of the molecule is CSc1ncnc2c1ncn2C1OC(COP(=O)(O)OC2C(O)C(CO)CC2n2cnc3c(=O)[nH]cnc32)C(O[P+](=O)O)C1O. The normalized spacial score (nSPS) is 30.3. The van der Waals surface area contributed by atoms with Crippen LogP contribution in [0.5, 0.6) is 0 Å². The highest BCUT2D eigenvalue weighted by molar-refractivity contribution is 7.98. The minimum Gasteiger partial charge on any atom is -0.396 e. The number of aromatic nitrogens is 8. The highest BCUT2D eigenvalue weighted by Gasteiger charge is 2.52. The molecule has 6 rings (SSSR count). The number of ether oxygens (including phenoxy) is 1. The summed E-state index contributed by atoms with van der Waals surface area (Å²) in [6.45, 7) is -1.25. The monoisotopic (exact) mass is 689 g/mol. The first-order chi connectivity index (χ1) is 21.5. The van der Waals surface area contributed by atoms with Crippen molar-refractivity contribution in [2.45, 2.75) is 54.2 Å². The van der Waals surface area contributed by atoms with Crippen molar-refractivity contribution in [2.75, 3.05) is 19.5 Å². The van der Waals surface area contributed by atoms with Crippen LogP contribution >= 0.6 is 27.8 Å². The summed E-state index contributed by atoms with van der Waals surface area (Å²) in [7, 11) is -8.30. The lowest BCUT2D eigenvalue weighted by Gasteiger charge is -2.26. The van der Waals surface area contributed by atoms with Gasteiger partial charge in [-0.15, -0.1) is 21.2 Å². The van der Waals surface area contributed by atoms with Crippen molar-refractivity contribution in [3.05, 3.63) is 35.7 Å². The Morgan fingerprint density at radius 2 is 1.84 bits per heavy atom. The third-order valence-corrected chi connectivity index (χ3v) is 9.77. The Morgan fingerprint density at radius 1 is 1.11 bits per heavy atom. The van der Waals surface area contributed by atoms with E-state index in [-0.39, 0.29) is 23.2 Å². The number of nitrogens with zero attached hydrogens (tertiary/aromatic N) is 7. The predicted molar refractivity (Wildman–Crippen MR) is 151 cm³/mol. The molecule has 5 heterocycles. The third kappa shape index (κ3) is 6.07. The molecule has 0 amide bonds. The fraction of sp³-hybridized carbons (Fsp3) is 0.545. The topological polar surface area (TPSA) is 279 Å². The van der Waals surface area contributed by atoms with Gasteiger partial charge in [0.25, 0.3) is 5.56 Å². The number of hydrogen-bond donors (Lipinski definition) is 6. The summed E-state index contributed by atoms with van der Waals surface area (Å²) >= 11 is 1.32. The van der Waals surface area contributed by atoms with Gasteiger partial charge in [0.1, 0.15) is 35.2 Å². The second-order valence-corrected chi connectivity index (χ2v) is 13.1. The summed E-state index contributed by atoms with van der Waals surface area (Å²) < 4.78 is 49.0. The minimum absolute atomic E-state index is 0.0109. The lowest BCUT2D eigenvalue weighted by molar-refractivity contribution is -0.0560. The summed E-state index contributed by atoms with van der Waals surface area (Å²) in [6, 6.07) is -0.897. The van der Waals surface area contributed by atoms with Gasteiger partial charge in [-0.1, -0.05) is 0 Å². The fourth-order valence-corrected chi connectivity index (χ4v) is 7.54. The van der Waals surface area contributed by atoms with Crippen LogP contribution < -0.4 is 5.56 Å². The maximum atomic E-state index is 13.2. The predicted octanol–water partition coefficient (Wildman–Crippen LogP) is -0.609. The molecule has 0 bridgehead atoms. The number of aliphatic hydroxyl groups excluding tert-OH is 3. The van der Waals surface area contributed by atoms with Gasteiger partial charge >= 0.3 is 16.1 Å². The van der Waals surface area contributed by atoms with Crippen molar-refractivity contribution < 1.29 is 52.5 Å². The Balaban J connectivity index is 1.22. The molecule has 1 aliphatic heterocycles. The average Bonchev–Trinajstić information content (AvgIpc) is 3.77. The number of imidazole rings is 2. The molecule has 2 aliphatic rings. The van der Waals surface area contributed by atoms with Crippen LogP contribution in [0.15, 0.2) is 35.1 Å². The number of fused-ring (bicyclic) bond motifs is 2. The van der Waals surface area contributed by atoms with Crippen LogP contribution in [-0.2, 0) is 27.4 Å². The number of phosphoric ester groups is 1. The number of aliphatic hydroxyl groups is 3. The van der Waals surface area contributed by atoms with Crippen LogP contribution in [0, 0.1) is 5.92 Å². The summed E-state index contributed by atoms with van der Waals surface area (Å²) in [5, 5.41) is 32.3. The van der Waals surface area contributed by atoms with Crippen molar-refractivity contribution in [3.63, 3.8) is 0 Å². The van der Waals surface area contributed by atoms with Gasteiger partial charge in [-0.2, -0.15) is 0 Å². The first kappa shape index (κ1) is 32.2. The van der Waals surface area contributed by atoms with Gasteiger partial charge < -0.3 is 34.5 Å². The smallest absolute Gasteiger partial charge is 0.396 e. The highest BCUT2D eigenvalue weighted by atomic mass is 32.2. The molecular weight excluding hydrogens is 662 g/mol. The van der Waals surface area contributed by atoms with E-state index < -0.39 is 83.6 Å². The molecule has 4 aromatic heterocycles. The Kier molecular flexibility index (Phi) is 9.14. The molecule has 0 spiro atoms. The van der Waals surface area contributed by atoms with Crippen molar-refractivity contribution in [2.24, 2.45) is 5.92 Å². The fourth-order valence-electron chi connectivity index (χ4n) is 5.61. The van der Waals surface area contributed by atoms with Crippen molar-refractivity contribution in [3.8, 4) is 0 Å². The van der Waals surface area contributed by atoms with Gasteiger partial charge in [0.05, 0.1) is 37.7 Å². The summed E-state index contributed by atoms with van der Waals surface area (Å²) in [6.07, 6.45) is -1.69. The number of nitrogens with one attached hydrogen (secondary N) is 1. The average molecular weight is 690 g/mol. The number of H-pyrrole nitrogens is 1. The van der Waals surface area contributed by atoms with Gasteiger partial charge in [0.15, 0.2) is 29.1 Å². The quantitative estimate of drug-likeness (QED) is 0.0651. The number of hydrogen-bond acceptors (Lipinski definition) is 16. The zero-order chi connectivity index (χ0) is 32.0. The summed E-state index contributed by atoms with van der Waals surface area (Å²) in [5.74, 6) is -0.771. The van der Waals surface area contributed by atoms with Gasteiger partial charge in [-0.3, -0.25) is 18.4 Å². The maximum absolute atomic E-state index is 13.2. The Hall–Kier alpha value is -2.78. The molecule has 20 nitrogen and oxygen atoms in total. The van der Waals surface area contributed by atoms with E-state index >= 15 is 0 Å². The zero-order valence-electron chi connectivity index (χ0n) is 23.1. The third-order valence-electron chi connectivity index (χ3n) is 7.67. The largest absolute Gasteiger partial charge is 0.695 e. The number of phosphoric acid groups is 1. The van der Waals surface area contributed by atoms with E-state index in [1.807, 2.05) is 0 Å². The van der Waals surface area contributed by atoms with Crippen LogP contribution in [0.1, 0.15) is 18.7 Å². The summed E-state index contributed by atoms with van der Waals surface area (Å²) in [5.41, 5.74) is 0.283. The molecule has 10 atom stereocenters. The van der Waals surface area contributed by atoms with Gasteiger partial charge in [0, 0.05) is 17.1 Å². The molecule has 0 radical (unpaired) electrons. The van der Waals surface area contributed by atoms with E-state index in [2.05, 4.69) is 29.9 Å². The van der Waals surface area contributed by atoms with Gasteiger partial charge in [-0.25, -0.2) is 29.5 Å². The van der Waals surface area contributed by atoms with E-state index in [9.17, 15) is 39.0 Å². The van der Waals surface area contributed by atoms with Crippen LogP contribution in [-0.4, -0.2) is 114 Å². The van der Waals surface area contributed by atoms with Crippen molar-refractivity contribution >= 4 is 50.2 Å². The highest BCUT2D eigenvalue weighted by Crippen LogP contribution is 2.51. The van der Waals surface area contributed by atoms with Crippen molar-refractivity contribution in [1.29, 1.82) is 0 Å². The van der Waals surface area contributed by atoms with Crippen LogP contribution in [0.2, 0.25) is 0 Å². The molecule has 242 valence electrons. The second-order valence-electron chi connectivity index (χ2n) is 10.2. The van der Waals surface area contributed by atoms with Crippen LogP contribution in [0.3, 0.4) is 0 Å². The number of aromatic amines is 1. The van der Waals surface area contributed by atoms with E-state index in [0.717, 1.165) is 6.33 Å². The van der Waals surface area contributed by atoms with E-state index in [4.69, 9.17) is 18.3 Å². The summed E-state index contributed by atoms with van der Waals surface area (Å²) in [4.78, 5) is 55.4. The molecule has 1 saturated carbocycles. The molecule has 23 heteroatoms. The van der Waals surface area contributed by atoms with Crippen LogP contribution in [0.4, 0.5) is 0 Å². The lowest BCUT2D eigenvalue weighted by atomic mass is 10.1. The number of thioether (sulfide) groups is 1. The first-order valence-electron chi connectivity index (χ1n) is 13.3. The molecular formula is C22H27N8O12P2S+.